The van der Waals surface area contributed by atoms with Gasteiger partial charge in [-0.05, 0) is 87.4 Å². The largest absolute Gasteiger partial charge is 0.393 e. The van der Waals surface area contributed by atoms with Crippen molar-refractivity contribution < 1.29 is 9.84 Å². The first-order valence-electron chi connectivity index (χ1n) is 8.88. The molecule has 0 aromatic heterocycles. The Morgan fingerprint density at radius 3 is 2.40 bits per heavy atom. The molecule has 1 saturated heterocycles. The number of hydrogen-bond donors (Lipinski definition) is 1. The van der Waals surface area contributed by atoms with E-state index in [1.54, 1.807) is 0 Å². The summed E-state index contributed by atoms with van der Waals surface area (Å²) in [6.07, 6.45) is 10.3. The lowest BCUT2D eigenvalue weighted by molar-refractivity contribution is -0.0794. The van der Waals surface area contributed by atoms with E-state index in [2.05, 4.69) is 13.8 Å². The highest BCUT2D eigenvalue weighted by Crippen LogP contribution is 2.73. The number of rotatable bonds is 0. The number of aliphatic hydroxyl groups excluding tert-OH is 1. The molecule has 0 aromatic carbocycles. The van der Waals surface area contributed by atoms with Crippen molar-refractivity contribution in [1.82, 2.24) is 0 Å². The zero-order valence-corrected chi connectivity index (χ0v) is 12.9. The third-order valence-electron chi connectivity index (χ3n) is 8.60. The van der Waals surface area contributed by atoms with Crippen molar-refractivity contribution in [3.8, 4) is 0 Å². The molecule has 1 N–H and O–H groups in total. The number of hydrogen-bond acceptors (Lipinski definition) is 2. The summed E-state index contributed by atoms with van der Waals surface area (Å²) in [5, 5.41) is 10.4. The van der Waals surface area contributed by atoms with Crippen molar-refractivity contribution in [2.24, 2.45) is 29.1 Å². The maximum absolute atomic E-state index is 10.4. The summed E-state index contributed by atoms with van der Waals surface area (Å²) in [6.45, 7) is 4.74. The third-order valence-corrected chi connectivity index (χ3v) is 8.60. The van der Waals surface area contributed by atoms with Crippen molar-refractivity contribution in [2.75, 3.05) is 0 Å². The minimum Gasteiger partial charge on any atom is -0.393 e. The fourth-order valence-electron chi connectivity index (χ4n) is 7.42. The van der Waals surface area contributed by atoms with Crippen LogP contribution in [0.25, 0.3) is 0 Å². The molecule has 4 aliphatic carbocycles. The van der Waals surface area contributed by atoms with Crippen molar-refractivity contribution in [2.45, 2.75) is 82.5 Å². The van der Waals surface area contributed by atoms with Crippen LogP contribution in [0.2, 0.25) is 0 Å². The van der Waals surface area contributed by atoms with E-state index in [0.717, 1.165) is 30.1 Å². The van der Waals surface area contributed by atoms with Crippen LogP contribution in [0.15, 0.2) is 0 Å². The van der Waals surface area contributed by atoms with Crippen molar-refractivity contribution in [1.29, 1.82) is 0 Å². The van der Waals surface area contributed by atoms with E-state index in [1.165, 1.54) is 44.9 Å². The monoisotopic (exact) mass is 276 g/mol. The van der Waals surface area contributed by atoms with Crippen LogP contribution in [-0.2, 0) is 4.74 Å². The first-order valence-corrected chi connectivity index (χ1v) is 8.88. The molecule has 8 atom stereocenters. The molecule has 0 unspecified atom stereocenters. The maximum atomic E-state index is 10.4. The van der Waals surface area contributed by atoms with Gasteiger partial charge in [-0.25, -0.2) is 0 Å². The molecule has 0 radical (unpaired) electrons. The molecule has 0 aromatic rings. The highest BCUT2D eigenvalue weighted by atomic mass is 16.6. The minimum atomic E-state index is -0.0321. The lowest BCUT2D eigenvalue weighted by atomic mass is 9.52. The Hall–Kier alpha value is -0.0800. The Bertz CT molecular complexity index is 444. The fourth-order valence-corrected chi connectivity index (χ4v) is 7.42. The van der Waals surface area contributed by atoms with Gasteiger partial charge in [0.2, 0.25) is 0 Å². The summed E-state index contributed by atoms with van der Waals surface area (Å²) >= 11 is 0. The van der Waals surface area contributed by atoms with Crippen LogP contribution >= 0.6 is 0 Å². The van der Waals surface area contributed by atoms with Crippen molar-refractivity contribution >= 4 is 0 Å². The summed E-state index contributed by atoms with van der Waals surface area (Å²) in [6, 6.07) is 0. The minimum absolute atomic E-state index is 0.0321. The summed E-state index contributed by atoms with van der Waals surface area (Å²) in [4.78, 5) is 0. The van der Waals surface area contributed by atoms with E-state index in [0.29, 0.717) is 5.60 Å². The van der Waals surface area contributed by atoms with Crippen LogP contribution in [0.4, 0.5) is 0 Å². The lowest BCUT2D eigenvalue weighted by Gasteiger charge is -2.53. The predicted octanol–water partition coefficient (Wildman–Crippen LogP) is 3.52. The molecule has 1 heterocycles. The second-order valence-electron chi connectivity index (χ2n) is 8.98. The average Bonchev–Trinajstić information content (AvgIpc) is 2.71. The Labute approximate surface area is 122 Å². The predicted molar refractivity (Wildman–Crippen MR) is 77.2 cm³/mol. The number of aliphatic hydroxyl groups is 1. The van der Waals surface area contributed by atoms with Gasteiger partial charge >= 0.3 is 0 Å². The smallest absolute Gasteiger partial charge is 0.101 e. The van der Waals surface area contributed by atoms with Crippen LogP contribution < -0.4 is 0 Å². The molecule has 2 nitrogen and oxygen atoms in total. The maximum Gasteiger partial charge on any atom is 0.101 e. The lowest BCUT2D eigenvalue weighted by Crippen LogP contribution is -2.50. The van der Waals surface area contributed by atoms with E-state index < -0.39 is 0 Å². The first kappa shape index (κ1) is 12.5. The van der Waals surface area contributed by atoms with Crippen LogP contribution in [0.1, 0.15) is 65.2 Å². The molecule has 2 heteroatoms. The van der Waals surface area contributed by atoms with Gasteiger partial charge in [-0.3, -0.25) is 0 Å². The van der Waals surface area contributed by atoms with Crippen LogP contribution in [0.5, 0.6) is 0 Å². The van der Waals surface area contributed by atoms with E-state index in [1.807, 2.05) is 0 Å². The number of epoxide rings is 1. The molecule has 112 valence electrons. The zero-order valence-electron chi connectivity index (χ0n) is 12.9. The van der Waals surface area contributed by atoms with Crippen molar-refractivity contribution in [3.63, 3.8) is 0 Å². The highest BCUT2D eigenvalue weighted by Gasteiger charge is 2.77. The van der Waals surface area contributed by atoms with Gasteiger partial charge in [0, 0.05) is 0 Å². The van der Waals surface area contributed by atoms with Gasteiger partial charge in [0.15, 0.2) is 0 Å². The van der Waals surface area contributed by atoms with Gasteiger partial charge in [0.25, 0.3) is 0 Å². The Balaban J connectivity index is 1.48. The SMILES string of the molecule is C[C@]12CC[C@H]3[C@@H](CC[C@]45O[C@@]4(C)CC[C@H]35)[C@@H]1CC[C@@H]2O. The average molecular weight is 276 g/mol. The molecule has 0 bridgehead atoms. The molecule has 5 aliphatic rings. The quantitative estimate of drug-likeness (QED) is 0.687. The molecule has 4 saturated carbocycles. The van der Waals surface area contributed by atoms with Crippen LogP contribution in [-0.4, -0.2) is 22.4 Å². The highest BCUT2D eigenvalue weighted by molar-refractivity contribution is 5.25. The van der Waals surface area contributed by atoms with Gasteiger partial charge in [-0.15, -0.1) is 0 Å². The molecular formula is C18H28O2. The molecule has 20 heavy (non-hydrogen) atoms. The molecule has 1 spiro atoms. The first-order chi connectivity index (χ1) is 9.50. The van der Waals surface area contributed by atoms with E-state index in [4.69, 9.17) is 4.74 Å². The van der Waals surface area contributed by atoms with Gasteiger partial charge < -0.3 is 9.84 Å². The van der Waals surface area contributed by atoms with E-state index in [-0.39, 0.29) is 17.1 Å². The summed E-state index contributed by atoms with van der Waals surface area (Å²) < 4.78 is 6.29. The van der Waals surface area contributed by atoms with E-state index in [9.17, 15) is 5.11 Å². The van der Waals surface area contributed by atoms with E-state index >= 15 is 0 Å². The van der Waals surface area contributed by atoms with Crippen LogP contribution in [0.3, 0.4) is 0 Å². The second kappa shape index (κ2) is 3.46. The van der Waals surface area contributed by atoms with Gasteiger partial charge in [-0.2, -0.15) is 0 Å². The summed E-state index contributed by atoms with van der Waals surface area (Å²) in [5.41, 5.74) is 0.774. The molecular weight excluding hydrogens is 248 g/mol. The topological polar surface area (TPSA) is 32.8 Å². The van der Waals surface area contributed by atoms with Crippen LogP contribution in [0, 0.1) is 29.1 Å². The summed E-state index contributed by atoms with van der Waals surface area (Å²) in [5.74, 6) is 3.41. The molecule has 0 amide bonds. The standard InChI is InChI=1S/C18H28O2/c1-16-8-5-12-11(13(16)3-4-15(16)19)6-10-18-14(12)7-9-17(18,2)20-18/h11-15,19H,3-10H2,1-2H3/t11-,12+,13+,14-,15+,16+,17+,18-/m1/s1. The fraction of sp³-hybridized carbons (Fsp3) is 1.00. The van der Waals surface area contributed by atoms with Gasteiger partial charge in [0.1, 0.15) is 5.60 Å². The van der Waals surface area contributed by atoms with Gasteiger partial charge in [0.05, 0.1) is 11.7 Å². The number of ether oxygens (including phenoxy) is 1. The molecule has 1 aliphatic heterocycles. The Morgan fingerprint density at radius 2 is 1.60 bits per heavy atom. The summed E-state index contributed by atoms with van der Waals surface area (Å²) in [7, 11) is 0. The van der Waals surface area contributed by atoms with Gasteiger partial charge in [-0.1, -0.05) is 6.92 Å². The second-order valence-corrected chi connectivity index (χ2v) is 8.98. The molecule has 5 rings (SSSR count). The normalized spacial score (nSPS) is 67.0. The Morgan fingerprint density at radius 1 is 0.850 bits per heavy atom. The third kappa shape index (κ3) is 1.18. The Kier molecular flexibility index (Phi) is 2.15. The zero-order chi connectivity index (χ0) is 13.8. The number of fused-ring (bicyclic) bond motifs is 4. The van der Waals surface area contributed by atoms with Crippen molar-refractivity contribution in [3.05, 3.63) is 0 Å². The molecule has 5 fully saturated rings.